The Morgan fingerprint density at radius 1 is 0.686 bits per heavy atom. The van der Waals surface area contributed by atoms with E-state index in [-0.39, 0.29) is 37.6 Å². The molecular formula is C24H40O10Ti. The van der Waals surface area contributed by atoms with Crippen molar-refractivity contribution < 1.29 is 57.8 Å². The standard InChI is InChI=1S/C12H14O5.C4H10O2.2C4H9O.O.Ti/c1-2-3-8-16-11(13)9-6-4-5-7-10(9)12(14)17-15;1-2-3-4-6-5;2*1-2-3-4-5;;/h4-7,15H,2-3,8H2,1H3;5H,2-4H2,1H3;2*2-4H2,1H3;;/q;;2*-1;;+4/p-2. The average molecular weight is 536 g/mol. The molecule has 35 heavy (non-hydrogen) atoms. The van der Waals surface area contributed by atoms with Gasteiger partial charge in [0.2, 0.25) is 0 Å². The Hall–Kier alpha value is -1.53. The van der Waals surface area contributed by atoms with Gasteiger partial charge in [-0.25, -0.2) is 0 Å². The SMILES string of the molecule is CCCCO[O][Ti](=[O])([O]CCCC)([O]CCCC)[O]OC(=O)c1ccccc1C(=O)OCCCC. The van der Waals surface area contributed by atoms with Crippen molar-refractivity contribution in [2.24, 2.45) is 0 Å². The van der Waals surface area contributed by atoms with Gasteiger partial charge in [0.05, 0.1) is 0 Å². The summed E-state index contributed by atoms with van der Waals surface area (Å²) >= 11 is -6.56. The summed E-state index contributed by atoms with van der Waals surface area (Å²) in [5.41, 5.74) is -0.154. The summed E-state index contributed by atoms with van der Waals surface area (Å²) in [6, 6.07) is 5.91. The van der Waals surface area contributed by atoms with E-state index in [1.807, 2.05) is 27.7 Å². The number of hydrogen-bond acceptors (Lipinski definition) is 10. The van der Waals surface area contributed by atoms with Gasteiger partial charge >= 0.3 is 211 Å². The summed E-state index contributed by atoms with van der Waals surface area (Å²) in [4.78, 5) is 35.3. The fraction of sp³-hybridized carbons (Fsp3) is 0.667. The zero-order chi connectivity index (χ0) is 26.0. The summed E-state index contributed by atoms with van der Waals surface area (Å²) in [5, 5.41) is 0. The molecule has 200 valence electrons. The van der Waals surface area contributed by atoms with Crippen LogP contribution in [0, 0.1) is 0 Å². The average Bonchev–Trinajstić information content (AvgIpc) is 2.86. The first kappa shape index (κ1) is 31.5. The van der Waals surface area contributed by atoms with E-state index < -0.39 is 28.8 Å². The minimum atomic E-state index is -6.56. The van der Waals surface area contributed by atoms with Crippen molar-refractivity contribution in [2.45, 2.75) is 79.1 Å². The molecule has 0 N–H and O–H groups in total. The van der Waals surface area contributed by atoms with E-state index in [0.29, 0.717) is 25.7 Å². The molecule has 0 unspecified atom stereocenters. The van der Waals surface area contributed by atoms with Crippen molar-refractivity contribution in [3.05, 3.63) is 35.4 Å². The van der Waals surface area contributed by atoms with Crippen LogP contribution >= 0.6 is 0 Å². The van der Waals surface area contributed by atoms with Crippen LogP contribution in [-0.2, 0) is 48.2 Å². The van der Waals surface area contributed by atoms with E-state index in [0.717, 1.165) is 25.7 Å². The molecule has 0 saturated carbocycles. The molecule has 11 heteroatoms. The van der Waals surface area contributed by atoms with Crippen molar-refractivity contribution >= 4 is 11.9 Å². The zero-order valence-electron chi connectivity index (χ0n) is 21.4. The van der Waals surface area contributed by atoms with Crippen LogP contribution in [0.4, 0.5) is 0 Å². The number of unbranched alkanes of at least 4 members (excludes halogenated alkanes) is 4. The van der Waals surface area contributed by atoms with Crippen LogP contribution in [0.2, 0.25) is 0 Å². The summed E-state index contributed by atoms with van der Waals surface area (Å²) in [5.74, 6) is -1.77. The second kappa shape index (κ2) is 17.0. The maximum atomic E-state index is 13.9. The number of ether oxygens (including phenoxy) is 1. The van der Waals surface area contributed by atoms with Gasteiger partial charge in [-0.05, 0) is 0 Å². The molecule has 0 fully saturated rings. The molecule has 0 spiro atoms. The predicted molar refractivity (Wildman–Crippen MR) is 122 cm³/mol. The van der Waals surface area contributed by atoms with Gasteiger partial charge in [-0.2, -0.15) is 0 Å². The molecule has 0 aliphatic heterocycles. The van der Waals surface area contributed by atoms with Crippen LogP contribution in [0.25, 0.3) is 0 Å². The van der Waals surface area contributed by atoms with E-state index in [2.05, 4.69) is 0 Å². The second-order valence-corrected chi connectivity index (χ2v) is 12.0. The summed E-state index contributed by atoms with van der Waals surface area (Å²) in [6.45, 7) is 8.02. The van der Waals surface area contributed by atoms with Crippen LogP contribution in [0.15, 0.2) is 24.3 Å². The predicted octanol–water partition coefficient (Wildman–Crippen LogP) is 5.81. The van der Waals surface area contributed by atoms with Crippen molar-refractivity contribution in [3.8, 4) is 0 Å². The molecule has 1 rings (SSSR count). The topological polar surface area (TPSA) is 116 Å². The fourth-order valence-electron chi connectivity index (χ4n) is 2.64. The normalized spacial score (nSPS) is 11.9. The Morgan fingerprint density at radius 3 is 1.71 bits per heavy atom. The number of esters is 1. The first-order chi connectivity index (χ1) is 16.8. The third kappa shape index (κ3) is 11.4. The molecular weight excluding hydrogens is 496 g/mol. The van der Waals surface area contributed by atoms with Crippen molar-refractivity contribution in [1.82, 2.24) is 0 Å². The van der Waals surface area contributed by atoms with E-state index in [9.17, 15) is 12.9 Å². The quantitative estimate of drug-likeness (QED) is 0.0665. The Labute approximate surface area is 210 Å². The molecule has 0 heterocycles. The molecule has 1 aromatic carbocycles. The van der Waals surface area contributed by atoms with E-state index in [1.165, 1.54) is 12.1 Å². The van der Waals surface area contributed by atoms with Gasteiger partial charge in [-0.15, -0.1) is 0 Å². The molecule has 0 atom stereocenters. The molecule has 0 aliphatic carbocycles. The monoisotopic (exact) mass is 536 g/mol. The van der Waals surface area contributed by atoms with Crippen LogP contribution in [0.3, 0.4) is 0 Å². The number of hydrogen-bond donors (Lipinski definition) is 0. The number of carbonyl (C=O) groups is 2. The molecule has 0 bridgehead atoms. The van der Waals surface area contributed by atoms with Gasteiger partial charge in [-0.1, -0.05) is 0 Å². The Morgan fingerprint density at radius 2 is 1.17 bits per heavy atom. The number of benzene rings is 1. The van der Waals surface area contributed by atoms with E-state index >= 15 is 0 Å². The van der Waals surface area contributed by atoms with Gasteiger partial charge in [0.1, 0.15) is 0 Å². The van der Waals surface area contributed by atoms with Crippen molar-refractivity contribution in [2.75, 3.05) is 26.4 Å². The van der Waals surface area contributed by atoms with Gasteiger partial charge in [0.25, 0.3) is 0 Å². The van der Waals surface area contributed by atoms with Crippen LogP contribution in [0.1, 0.15) is 99.8 Å². The summed E-state index contributed by atoms with van der Waals surface area (Å²) in [7, 11) is 0. The molecule has 0 aromatic heterocycles. The van der Waals surface area contributed by atoms with E-state index in [4.69, 9.17) is 28.1 Å². The van der Waals surface area contributed by atoms with Crippen LogP contribution in [-0.4, -0.2) is 38.4 Å². The van der Waals surface area contributed by atoms with Crippen LogP contribution in [0.5, 0.6) is 0 Å². The van der Waals surface area contributed by atoms with Crippen molar-refractivity contribution in [3.63, 3.8) is 0 Å². The maximum absolute atomic E-state index is 13.9. The zero-order valence-corrected chi connectivity index (χ0v) is 22.9. The third-order valence-corrected chi connectivity index (χ3v) is 8.07. The van der Waals surface area contributed by atoms with E-state index in [1.54, 1.807) is 12.1 Å². The molecule has 0 saturated heterocycles. The number of rotatable bonds is 20. The Balaban J connectivity index is 3.10. The van der Waals surface area contributed by atoms with Gasteiger partial charge < -0.3 is 0 Å². The minimum absolute atomic E-state index is 0.0188. The van der Waals surface area contributed by atoms with Crippen LogP contribution < -0.4 is 0 Å². The van der Waals surface area contributed by atoms with Gasteiger partial charge in [-0.3, -0.25) is 0 Å². The van der Waals surface area contributed by atoms with Gasteiger partial charge in [0.15, 0.2) is 0 Å². The fourth-order valence-corrected chi connectivity index (χ4v) is 5.36. The second-order valence-electron chi connectivity index (χ2n) is 7.99. The van der Waals surface area contributed by atoms with Crippen molar-refractivity contribution in [1.29, 1.82) is 0 Å². The molecule has 1 aromatic rings. The first-order valence-electron chi connectivity index (χ1n) is 12.5. The first-order valence-corrected chi connectivity index (χ1v) is 15.7. The summed E-state index contributed by atoms with van der Waals surface area (Å²) in [6.07, 6.45) is 5.50. The molecule has 0 amide bonds. The van der Waals surface area contributed by atoms with Gasteiger partial charge in [0, 0.05) is 0 Å². The molecule has 10 nitrogen and oxygen atoms in total. The molecule has 0 aliphatic rings. The Bertz CT molecular complexity index is 812. The third-order valence-electron chi connectivity index (χ3n) is 4.80. The number of carbonyl (C=O) groups excluding carboxylic acids is 2. The Kier molecular flexibility index (Phi) is 15.3. The summed E-state index contributed by atoms with van der Waals surface area (Å²) < 4.78 is 40.3. The molecule has 0 radical (unpaired) electrons.